The summed E-state index contributed by atoms with van der Waals surface area (Å²) in [6.07, 6.45) is 3.21. The summed E-state index contributed by atoms with van der Waals surface area (Å²) in [7, 11) is 0. The summed E-state index contributed by atoms with van der Waals surface area (Å²) in [6.45, 7) is 19.4. The Morgan fingerprint density at radius 3 is 1.92 bits per heavy atom. The summed E-state index contributed by atoms with van der Waals surface area (Å²) >= 11 is 0. The SMILES string of the molecule is CCCCOC(COC(C)CC)C(COC(C)(C)C)OCC(C)C. The average molecular weight is 347 g/mol. The highest BCUT2D eigenvalue weighted by Gasteiger charge is 2.27. The van der Waals surface area contributed by atoms with Crippen molar-refractivity contribution in [3.05, 3.63) is 0 Å². The number of ether oxygens (including phenoxy) is 4. The number of hydrogen-bond acceptors (Lipinski definition) is 4. The van der Waals surface area contributed by atoms with E-state index in [9.17, 15) is 0 Å². The van der Waals surface area contributed by atoms with Crippen LogP contribution in [0.15, 0.2) is 0 Å². The molecule has 0 aliphatic heterocycles. The first-order valence-electron chi connectivity index (χ1n) is 9.68. The van der Waals surface area contributed by atoms with E-state index in [2.05, 4.69) is 55.4 Å². The van der Waals surface area contributed by atoms with Gasteiger partial charge in [-0.25, -0.2) is 0 Å². The maximum absolute atomic E-state index is 6.13. The second-order valence-electron chi connectivity index (χ2n) is 8.00. The zero-order valence-corrected chi connectivity index (χ0v) is 17.4. The number of unbranched alkanes of at least 4 members (excludes halogenated alkanes) is 1. The minimum absolute atomic E-state index is 0.0911. The van der Waals surface area contributed by atoms with Crippen molar-refractivity contribution in [2.45, 2.75) is 98.6 Å². The fourth-order valence-corrected chi connectivity index (χ4v) is 1.93. The van der Waals surface area contributed by atoms with Crippen LogP contribution in [-0.4, -0.2) is 50.3 Å². The largest absolute Gasteiger partial charge is 0.376 e. The molecule has 3 atom stereocenters. The molecule has 0 heterocycles. The van der Waals surface area contributed by atoms with E-state index >= 15 is 0 Å². The van der Waals surface area contributed by atoms with Gasteiger partial charge in [0.1, 0.15) is 12.2 Å². The standard InChI is InChI=1S/C20H42O4/c1-9-11-12-21-18(14-22-17(5)10-2)19(23-13-16(3)4)15-24-20(6,7)8/h16-19H,9-15H2,1-8H3. The molecule has 0 spiro atoms. The average Bonchev–Trinajstić information content (AvgIpc) is 2.49. The molecule has 4 heteroatoms. The lowest BCUT2D eigenvalue weighted by molar-refractivity contribution is -0.153. The maximum atomic E-state index is 6.13. The van der Waals surface area contributed by atoms with E-state index in [0.717, 1.165) is 25.9 Å². The van der Waals surface area contributed by atoms with Gasteiger partial charge in [0.15, 0.2) is 0 Å². The molecule has 0 radical (unpaired) electrons. The van der Waals surface area contributed by atoms with Crippen LogP contribution in [0.25, 0.3) is 0 Å². The molecule has 0 aliphatic carbocycles. The Morgan fingerprint density at radius 2 is 1.42 bits per heavy atom. The molecule has 4 nitrogen and oxygen atoms in total. The van der Waals surface area contributed by atoms with Crippen molar-refractivity contribution in [3.63, 3.8) is 0 Å². The summed E-state index contributed by atoms with van der Waals surface area (Å²) in [5.41, 5.74) is -0.190. The van der Waals surface area contributed by atoms with Gasteiger partial charge in [0.25, 0.3) is 0 Å². The predicted octanol–water partition coefficient (Wildman–Crippen LogP) is 4.84. The van der Waals surface area contributed by atoms with E-state index in [0.29, 0.717) is 25.7 Å². The van der Waals surface area contributed by atoms with Crippen LogP contribution in [0.5, 0.6) is 0 Å². The van der Waals surface area contributed by atoms with E-state index in [1.165, 1.54) is 0 Å². The smallest absolute Gasteiger partial charge is 0.109 e. The summed E-state index contributed by atoms with van der Waals surface area (Å²) < 4.78 is 24.2. The molecular weight excluding hydrogens is 304 g/mol. The lowest BCUT2D eigenvalue weighted by Crippen LogP contribution is -2.42. The van der Waals surface area contributed by atoms with Gasteiger partial charge in [-0.2, -0.15) is 0 Å². The number of hydrogen-bond donors (Lipinski definition) is 0. The van der Waals surface area contributed by atoms with Gasteiger partial charge in [0, 0.05) is 13.2 Å². The van der Waals surface area contributed by atoms with Gasteiger partial charge in [0.05, 0.1) is 24.9 Å². The van der Waals surface area contributed by atoms with E-state index in [-0.39, 0.29) is 23.9 Å². The first kappa shape index (κ1) is 23.8. The summed E-state index contributed by atoms with van der Waals surface area (Å²) in [5, 5.41) is 0. The molecule has 0 amide bonds. The van der Waals surface area contributed by atoms with Crippen LogP contribution >= 0.6 is 0 Å². The van der Waals surface area contributed by atoms with Crippen LogP contribution in [0.3, 0.4) is 0 Å². The van der Waals surface area contributed by atoms with Crippen molar-refractivity contribution in [1.82, 2.24) is 0 Å². The Hall–Kier alpha value is -0.160. The highest BCUT2D eigenvalue weighted by atomic mass is 16.6. The Morgan fingerprint density at radius 1 is 0.792 bits per heavy atom. The lowest BCUT2D eigenvalue weighted by Gasteiger charge is -2.31. The molecule has 3 unspecified atom stereocenters. The third kappa shape index (κ3) is 13.2. The predicted molar refractivity (Wildman–Crippen MR) is 101 cm³/mol. The van der Waals surface area contributed by atoms with Gasteiger partial charge < -0.3 is 18.9 Å². The van der Waals surface area contributed by atoms with Crippen LogP contribution in [0.4, 0.5) is 0 Å². The Bertz CT molecular complexity index is 286. The van der Waals surface area contributed by atoms with E-state index in [1.54, 1.807) is 0 Å². The van der Waals surface area contributed by atoms with Gasteiger partial charge in [-0.05, 0) is 46.5 Å². The van der Waals surface area contributed by atoms with E-state index in [1.807, 2.05) is 0 Å². The van der Waals surface area contributed by atoms with Crippen molar-refractivity contribution in [1.29, 1.82) is 0 Å². The van der Waals surface area contributed by atoms with Crippen molar-refractivity contribution < 1.29 is 18.9 Å². The second-order valence-corrected chi connectivity index (χ2v) is 8.00. The minimum Gasteiger partial charge on any atom is -0.376 e. The molecule has 0 N–H and O–H groups in total. The van der Waals surface area contributed by atoms with Gasteiger partial charge >= 0.3 is 0 Å². The Kier molecular flexibility index (Phi) is 13.0. The van der Waals surface area contributed by atoms with Crippen LogP contribution in [0.1, 0.15) is 74.7 Å². The minimum atomic E-state index is -0.190. The molecule has 0 aromatic carbocycles. The van der Waals surface area contributed by atoms with Gasteiger partial charge in [-0.15, -0.1) is 0 Å². The van der Waals surface area contributed by atoms with E-state index in [4.69, 9.17) is 18.9 Å². The fourth-order valence-electron chi connectivity index (χ4n) is 1.93. The molecular formula is C20H42O4. The third-order valence-electron chi connectivity index (χ3n) is 3.69. The highest BCUT2D eigenvalue weighted by Crippen LogP contribution is 2.15. The fraction of sp³-hybridized carbons (Fsp3) is 1.00. The Labute approximate surface area is 150 Å². The van der Waals surface area contributed by atoms with Crippen LogP contribution < -0.4 is 0 Å². The Balaban J connectivity index is 4.82. The molecule has 24 heavy (non-hydrogen) atoms. The van der Waals surface area contributed by atoms with Crippen molar-refractivity contribution in [2.24, 2.45) is 5.92 Å². The lowest BCUT2D eigenvalue weighted by atomic mass is 10.1. The highest BCUT2D eigenvalue weighted by molar-refractivity contribution is 4.74. The zero-order chi connectivity index (χ0) is 18.6. The molecule has 146 valence electrons. The topological polar surface area (TPSA) is 36.9 Å². The van der Waals surface area contributed by atoms with Crippen molar-refractivity contribution >= 4 is 0 Å². The van der Waals surface area contributed by atoms with Crippen molar-refractivity contribution in [3.8, 4) is 0 Å². The monoisotopic (exact) mass is 346 g/mol. The molecule has 0 bridgehead atoms. The molecule has 0 aromatic rings. The summed E-state index contributed by atoms with van der Waals surface area (Å²) in [4.78, 5) is 0. The molecule has 0 aromatic heterocycles. The van der Waals surface area contributed by atoms with Gasteiger partial charge in [0.2, 0.25) is 0 Å². The summed E-state index contributed by atoms with van der Waals surface area (Å²) in [5.74, 6) is 0.480. The van der Waals surface area contributed by atoms with Crippen LogP contribution in [0, 0.1) is 5.92 Å². The molecule has 0 aliphatic rings. The number of rotatable bonds is 14. The van der Waals surface area contributed by atoms with Crippen LogP contribution in [-0.2, 0) is 18.9 Å². The second kappa shape index (κ2) is 13.1. The van der Waals surface area contributed by atoms with Crippen molar-refractivity contribution in [2.75, 3.05) is 26.4 Å². The van der Waals surface area contributed by atoms with Gasteiger partial charge in [-0.1, -0.05) is 34.1 Å². The van der Waals surface area contributed by atoms with Gasteiger partial charge in [-0.3, -0.25) is 0 Å². The quantitative estimate of drug-likeness (QED) is 0.422. The maximum Gasteiger partial charge on any atom is 0.109 e. The first-order chi connectivity index (χ1) is 11.2. The van der Waals surface area contributed by atoms with Crippen LogP contribution in [0.2, 0.25) is 0 Å². The summed E-state index contributed by atoms with van der Waals surface area (Å²) in [6, 6.07) is 0. The normalized spacial score (nSPS) is 16.4. The molecule has 0 saturated carbocycles. The van der Waals surface area contributed by atoms with E-state index < -0.39 is 0 Å². The first-order valence-corrected chi connectivity index (χ1v) is 9.68. The zero-order valence-electron chi connectivity index (χ0n) is 17.4. The molecule has 0 fully saturated rings. The third-order valence-corrected chi connectivity index (χ3v) is 3.69. The molecule has 0 saturated heterocycles. The molecule has 0 rings (SSSR count).